The molecule has 3 heteroatoms. The fourth-order valence-electron chi connectivity index (χ4n) is 2.83. The van der Waals surface area contributed by atoms with Gasteiger partial charge in [0.2, 0.25) is 5.91 Å². The molecule has 2 aliphatic heterocycles. The molecule has 0 bridgehead atoms. The van der Waals surface area contributed by atoms with Gasteiger partial charge in [-0.15, -0.1) is 0 Å². The lowest BCUT2D eigenvalue weighted by Crippen LogP contribution is -2.54. The molecule has 0 aliphatic carbocycles. The molecule has 17 heavy (non-hydrogen) atoms. The summed E-state index contributed by atoms with van der Waals surface area (Å²) >= 11 is 0. The monoisotopic (exact) mass is 229 g/mol. The van der Waals surface area contributed by atoms with E-state index < -0.39 is 5.60 Å². The van der Waals surface area contributed by atoms with E-state index >= 15 is 0 Å². The van der Waals surface area contributed by atoms with E-state index in [1.807, 2.05) is 42.5 Å². The first-order valence-corrected chi connectivity index (χ1v) is 5.96. The number of piperidine rings is 1. The Morgan fingerprint density at radius 3 is 2.82 bits per heavy atom. The second-order valence-corrected chi connectivity index (χ2v) is 4.71. The summed E-state index contributed by atoms with van der Waals surface area (Å²) in [6, 6.07) is 9.44. The third-order valence-corrected chi connectivity index (χ3v) is 3.76. The molecule has 1 amide bonds. The average Bonchev–Trinajstić information content (AvgIpc) is 2.86. The molecule has 1 aromatic rings. The van der Waals surface area contributed by atoms with Crippen LogP contribution in [0.25, 0.3) is 0 Å². The van der Waals surface area contributed by atoms with Crippen molar-refractivity contribution >= 4 is 5.91 Å². The Labute approximate surface area is 100 Å². The predicted octanol–water partition coefficient (Wildman–Crippen LogP) is 1.44. The smallest absolute Gasteiger partial charge is 0.223 e. The van der Waals surface area contributed by atoms with Crippen LogP contribution in [0.5, 0.6) is 0 Å². The molecule has 0 radical (unpaired) electrons. The van der Waals surface area contributed by atoms with Crippen LogP contribution in [0, 0.1) is 0 Å². The van der Waals surface area contributed by atoms with Gasteiger partial charge in [0.05, 0.1) is 6.04 Å². The molecule has 3 rings (SSSR count). The van der Waals surface area contributed by atoms with Crippen molar-refractivity contribution in [3.05, 3.63) is 48.0 Å². The predicted molar refractivity (Wildman–Crippen MR) is 64.2 cm³/mol. The maximum Gasteiger partial charge on any atom is 0.223 e. The number of aliphatic hydroxyl groups is 1. The zero-order valence-electron chi connectivity index (χ0n) is 9.54. The van der Waals surface area contributed by atoms with Gasteiger partial charge < -0.3 is 10.0 Å². The Morgan fingerprint density at radius 1 is 1.29 bits per heavy atom. The van der Waals surface area contributed by atoms with Crippen molar-refractivity contribution in [3.8, 4) is 0 Å². The molecule has 1 fully saturated rings. The van der Waals surface area contributed by atoms with E-state index in [-0.39, 0.29) is 11.9 Å². The second-order valence-electron chi connectivity index (χ2n) is 4.71. The zero-order chi connectivity index (χ0) is 11.9. The van der Waals surface area contributed by atoms with Crippen molar-refractivity contribution in [2.75, 3.05) is 6.54 Å². The molecular formula is C14H15NO2. The van der Waals surface area contributed by atoms with Crippen molar-refractivity contribution in [2.24, 2.45) is 0 Å². The van der Waals surface area contributed by atoms with Crippen molar-refractivity contribution in [2.45, 2.75) is 24.5 Å². The minimum absolute atomic E-state index is 0.139. The summed E-state index contributed by atoms with van der Waals surface area (Å²) in [6.07, 6.45) is 4.83. The van der Waals surface area contributed by atoms with Gasteiger partial charge in [0, 0.05) is 13.0 Å². The van der Waals surface area contributed by atoms with E-state index in [0.29, 0.717) is 19.4 Å². The van der Waals surface area contributed by atoms with Gasteiger partial charge in [0.25, 0.3) is 0 Å². The lowest BCUT2D eigenvalue weighted by Gasteiger charge is -2.43. The number of amides is 1. The minimum atomic E-state index is -0.928. The molecular weight excluding hydrogens is 214 g/mol. The van der Waals surface area contributed by atoms with E-state index in [1.165, 1.54) is 0 Å². The van der Waals surface area contributed by atoms with Crippen molar-refractivity contribution in [1.82, 2.24) is 4.90 Å². The molecule has 2 aliphatic rings. The standard InChI is InChI=1S/C14H15NO2/c16-13-8-9-14(17,11-5-2-1-3-6-11)12-7-4-10-15(12)13/h1-7,12,17H,8-10H2/t12-,14+/m0/s1. The summed E-state index contributed by atoms with van der Waals surface area (Å²) in [5.41, 5.74) is -0.0311. The number of hydrogen-bond donors (Lipinski definition) is 1. The quantitative estimate of drug-likeness (QED) is 0.740. The highest BCUT2D eigenvalue weighted by Gasteiger charge is 2.47. The summed E-state index contributed by atoms with van der Waals surface area (Å²) in [5, 5.41) is 10.9. The molecule has 88 valence electrons. The molecule has 1 saturated heterocycles. The third kappa shape index (κ3) is 1.50. The number of hydrogen-bond acceptors (Lipinski definition) is 2. The number of carbonyl (C=O) groups excluding carboxylic acids is 1. The van der Waals surface area contributed by atoms with E-state index in [1.54, 1.807) is 4.90 Å². The first kappa shape index (κ1) is 10.5. The zero-order valence-corrected chi connectivity index (χ0v) is 9.54. The van der Waals surface area contributed by atoms with E-state index in [0.717, 1.165) is 5.56 Å². The average molecular weight is 229 g/mol. The molecule has 3 nitrogen and oxygen atoms in total. The lowest BCUT2D eigenvalue weighted by atomic mass is 9.79. The van der Waals surface area contributed by atoms with Gasteiger partial charge in [-0.1, -0.05) is 42.5 Å². The van der Waals surface area contributed by atoms with Gasteiger partial charge in [-0.2, -0.15) is 0 Å². The second kappa shape index (κ2) is 3.70. The lowest BCUT2D eigenvalue weighted by molar-refractivity contribution is -0.147. The van der Waals surface area contributed by atoms with Crippen LogP contribution in [-0.4, -0.2) is 28.5 Å². The van der Waals surface area contributed by atoms with Gasteiger partial charge in [-0.3, -0.25) is 4.79 Å². The van der Waals surface area contributed by atoms with Crippen LogP contribution >= 0.6 is 0 Å². The molecule has 0 aromatic heterocycles. The van der Waals surface area contributed by atoms with Crippen LogP contribution in [0.4, 0.5) is 0 Å². The Balaban J connectivity index is 2.02. The van der Waals surface area contributed by atoms with Gasteiger partial charge in [-0.05, 0) is 12.0 Å². The molecule has 0 unspecified atom stereocenters. The fraction of sp³-hybridized carbons (Fsp3) is 0.357. The maximum absolute atomic E-state index is 11.8. The van der Waals surface area contributed by atoms with Crippen molar-refractivity contribution in [3.63, 3.8) is 0 Å². The Bertz CT molecular complexity index is 468. The summed E-state index contributed by atoms with van der Waals surface area (Å²) in [7, 11) is 0. The maximum atomic E-state index is 11.8. The number of carbonyl (C=O) groups is 1. The topological polar surface area (TPSA) is 40.5 Å². The number of benzene rings is 1. The van der Waals surface area contributed by atoms with Gasteiger partial charge in [-0.25, -0.2) is 0 Å². The summed E-state index contributed by atoms with van der Waals surface area (Å²) in [5.74, 6) is 0.139. The summed E-state index contributed by atoms with van der Waals surface area (Å²) < 4.78 is 0. The van der Waals surface area contributed by atoms with E-state index in [9.17, 15) is 9.90 Å². The van der Waals surface area contributed by atoms with Crippen LogP contribution in [0.2, 0.25) is 0 Å². The third-order valence-electron chi connectivity index (χ3n) is 3.76. The molecule has 2 atom stereocenters. The highest BCUT2D eigenvalue weighted by molar-refractivity contribution is 5.79. The number of rotatable bonds is 1. The van der Waals surface area contributed by atoms with Crippen LogP contribution in [0.3, 0.4) is 0 Å². The highest BCUT2D eigenvalue weighted by atomic mass is 16.3. The molecule has 1 aromatic carbocycles. The van der Waals surface area contributed by atoms with Crippen molar-refractivity contribution < 1.29 is 9.90 Å². The fourth-order valence-corrected chi connectivity index (χ4v) is 2.83. The Morgan fingerprint density at radius 2 is 2.06 bits per heavy atom. The number of fused-ring (bicyclic) bond motifs is 1. The number of nitrogens with zero attached hydrogens (tertiary/aromatic N) is 1. The molecule has 2 heterocycles. The van der Waals surface area contributed by atoms with Gasteiger partial charge >= 0.3 is 0 Å². The minimum Gasteiger partial charge on any atom is -0.383 e. The van der Waals surface area contributed by atoms with Crippen LogP contribution in [0.1, 0.15) is 18.4 Å². The SMILES string of the molecule is O=C1CC[C@@](O)(c2ccccc2)[C@@H]2C=CCN12. The Kier molecular flexibility index (Phi) is 2.30. The van der Waals surface area contributed by atoms with Crippen LogP contribution in [0.15, 0.2) is 42.5 Å². The molecule has 0 spiro atoms. The molecule has 1 N–H and O–H groups in total. The summed E-state index contributed by atoms with van der Waals surface area (Å²) in [4.78, 5) is 13.5. The van der Waals surface area contributed by atoms with Crippen LogP contribution in [-0.2, 0) is 10.4 Å². The first-order chi connectivity index (χ1) is 8.22. The summed E-state index contributed by atoms with van der Waals surface area (Å²) in [6.45, 7) is 0.624. The van der Waals surface area contributed by atoms with E-state index in [2.05, 4.69) is 0 Å². The Hall–Kier alpha value is -1.61. The molecule has 0 saturated carbocycles. The van der Waals surface area contributed by atoms with Crippen molar-refractivity contribution in [1.29, 1.82) is 0 Å². The normalized spacial score (nSPS) is 31.7. The van der Waals surface area contributed by atoms with Gasteiger partial charge in [0.1, 0.15) is 5.60 Å². The largest absolute Gasteiger partial charge is 0.383 e. The first-order valence-electron chi connectivity index (χ1n) is 5.96. The van der Waals surface area contributed by atoms with Gasteiger partial charge in [0.15, 0.2) is 0 Å². The van der Waals surface area contributed by atoms with E-state index in [4.69, 9.17) is 0 Å². The van der Waals surface area contributed by atoms with Crippen LogP contribution < -0.4 is 0 Å². The highest BCUT2D eigenvalue weighted by Crippen LogP contribution is 2.39.